The first-order valence-corrected chi connectivity index (χ1v) is 6.76. The molecule has 1 amide bonds. The number of amides is 1. The summed E-state index contributed by atoms with van der Waals surface area (Å²) >= 11 is 0. The summed E-state index contributed by atoms with van der Waals surface area (Å²) in [6.45, 7) is 5.07. The molecule has 0 radical (unpaired) electrons. The summed E-state index contributed by atoms with van der Waals surface area (Å²) in [5.41, 5.74) is 7.38. The fourth-order valence-corrected chi connectivity index (χ4v) is 2.49. The molecule has 2 rings (SSSR count). The maximum Gasteiger partial charge on any atom is 0.292 e. The van der Waals surface area contributed by atoms with Crippen LogP contribution in [-0.2, 0) is 11.2 Å². The molecule has 1 aromatic rings. The molecule has 1 aromatic carbocycles. The number of hydrogen-bond donors (Lipinski definition) is 2. The van der Waals surface area contributed by atoms with Crippen LogP contribution in [0, 0.1) is 15.5 Å². The minimum atomic E-state index is -0.412. The van der Waals surface area contributed by atoms with E-state index in [4.69, 9.17) is 5.73 Å². The lowest BCUT2D eigenvalue weighted by molar-refractivity contribution is -0.384. The molecular weight excluding hydrogens is 272 g/mol. The number of benzene rings is 1. The Kier molecular flexibility index (Phi) is 3.87. The van der Waals surface area contributed by atoms with E-state index in [2.05, 4.69) is 5.32 Å². The largest absolute Gasteiger partial charge is 0.368 e. The zero-order valence-electron chi connectivity index (χ0n) is 12.5. The molecule has 0 fully saturated rings. The molecule has 0 unspecified atom stereocenters. The van der Waals surface area contributed by atoms with Gasteiger partial charge in [-0.3, -0.25) is 14.9 Å². The van der Waals surface area contributed by atoms with E-state index in [1.165, 1.54) is 6.07 Å². The number of nitro benzene ring substituents is 1. The third kappa shape index (κ3) is 3.13. The number of anilines is 2. The van der Waals surface area contributed by atoms with E-state index >= 15 is 0 Å². The molecule has 0 saturated carbocycles. The Hall–Kier alpha value is -2.15. The smallest absolute Gasteiger partial charge is 0.292 e. The number of nitrogens with zero attached hydrogens (tertiary/aromatic N) is 2. The van der Waals surface area contributed by atoms with Crippen molar-refractivity contribution in [2.24, 2.45) is 11.1 Å². The van der Waals surface area contributed by atoms with Gasteiger partial charge in [-0.05, 0) is 23.6 Å². The van der Waals surface area contributed by atoms with E-state index in [0.717, 1.165) is 0 Å². The van der Waals surface area contributed by atoms with Crippen LogP contribution < -0.4 is 16.0 Å². The van der Waals surface area contributed by atoms with Gasteiger partial charge in [0.25, 0.3) is 5.69 Å². The van der Waals surface area contributed by atoms with Crippen LogP contribution in [0.1, 0.15) is 19.4 Å². The van der Waals surface area contributed by atoms with Crippen molar-refractivity contribution >= 4 is 23.0 Å². The minimum absolute atomic E-state index is 0.0144. The first-order chi connectivity index (χ1) is 9.73. The van der Waals surface area contributed by atoms with Gasteiger partial charge in [0.1, 0.15) is 5.69 Å². The molecular formula is C14H20N4O3. The maximum absolute atomic E-state index is 11.4. The van der Waals surface area contributed by atoms with Crippen molar-refractivity contribution in [3.63, 3.8) is 0 Å². The van der Waals surface area contributed by atoms with Crippen LogP contribution in [-0.4, -0.2) is 31.0 Å². The van der Waals surface area contributed by atoms with Gasteiger partial charge < -0.3 is 16.0 Å². The van der Waals surface area contributed by atoms with Crippen molar-refractivity contribution in [1.29, 1.82) is 0 Å². The molecule has 0 saturated heterocycles. The van der Waals surface area contributed by atoms with Crippen molar-refractivity contribution in [2.45, 2.75) is 20.3 Å². The third-order valence-electron chi connectivity index (χ3n) is 3.65. The number of nitrogens with two attached hydrogens (primary N) is 1. The summed E-state index contributed by atoms with van der Waals surface area (Å²) in [4.78, 5) is 24.1. The number of fused-ring (bicyclic) bond motifs is 1. The lowest BCUT2D eigenvalue weighted by Gasteiger charge is -2.30. The third-order valence-corrected chi connectivity index (χ3v) is 3.65. The molecule has 0 aliphatic carbocycles. The van der Waals surface area contributed by atoms with Crippen LogP contribution in [0.4, 0.5) is 17.1 Å². The van der Waals surface area contributed by atoms with Crippen LogP contribution in [0.15, 0.2) is 12.1 Å². The maximum atomic E-state index is 11.4. The number of rotatable bonds is 5. The van der Waals surface area contributed by atoms with Gasteiger partial charge in [0.05, 0.1) is 11.3 Å². The molecule has 114 valence electrons. The van der Waals surface area contributed by atoms with Crippen molar-refractivity contribution < 1.29 is 9.72 Å². The average Bonchev–Trinajstić information content (AvgIpc) is 2.75. The standard InChI is InChI=1S/C14H20N4O3/c1-14(2,7-15)8-17(3)11-6-10-9(5-13(19)16-10)4-12(11)18(20)21/h4,6H,5,7-8,15H2,1-3H3,(H,16,19). The Labute approximate surface area is 123 Å². The molecule has 1 aliphatic heterocycles. The molecule has 1 heterocycles. The van der Waals surface area contributed by atoms with Gasteiger partial charge in [-0.2, -0.15) is 0 Å². The minimum Gasteiger partial charge on any atom is -0.368 e. The number of nitrogens with one attached hydrogen (secondary N) is 1. The average molecular weight is 292 g/mol. The second kappa shape index (κ2) is 5.33. The van der Waals surface area contributed by atoms with Crippen molar-refractivity contribution in [3.05, 3.63) is 27.8 Å². The summed E-state index contributed by atoms with van der Waals surface area (Å²) in [7, 11) is 1.79. The number of carbonyl (C=O) groups excluding carboxylic acids is 1. The first-order valence-electron chi connectivity index (χ1n) is 6.76. The Balaban J connectivity index is 2.40. The fourth-order valence-electron chi connectivity index (χ4n) is 2.49. The molecule has 0 aromatic heterocycles. The van der Waals surface area contributed by atoms with Crippen LogP contribution >= 0.6 is 0 Å². The fraction of sp³-hybridized carbons (Fsp3) is 0.500. The molecule has 7 nitrogen and oxygen atoms in total. The van der Waals surface area contributed by atoms with Crippen LogP contribution in [0.3, 0.4) is 0 Å². The van der Waals surface area contributed by atoms with E-state index < -0.39 is 4.92 Å². The van der Waals surface area contributed by atoms with E-state index in [0.29, 0.717) is 30.0 Å². The molecule has 0 atom stereocenters. The highest BCUT2D eigenvalue weighted by Gasteiger charge is 2.28. The van der Waals surface area contributed by atoms with Crippen molar-refractivity contribution in [3.8, 4) is 0 Å². The molecule has 1 aliphatic rings. The predicted octanol–water partition coefficient (Wildman–Crippen LogP) is 1.51. The van der Waals surface area contributed by atoms with Gasteiger partial charge in [0.15, 0.2) is 0 Å². The molecule has 21 heavy (non-hydrogen) atoms. The van der Waals surface area contributed by atoms with E-state index in [1.54, 1.807) is 13.1 Å². The summed E-state index contributed by atoms with van der Waals surface area (Å²) < 4.78 is 0. The van der Waals surface area contributed by atoms with Crippen LogP contribution in [0.5, 0.6) is 0 Å². The Bertz CT molecular complexity index is 598. The van der Waals surface area contributed by atoms with E-state index in [9.17, 15) is 14.9 Å². The summed E-state index contributed by atoms with van der Waals surface area (Å²) in [6, 6.07) is 3.15. The highest BCUT2D eigenvalue weighted by Crippen LogP contribution is 2.37. The van der Waals surface area contributed by atoms with Gasteiger partial charge in [0, 0.05) is 25.3 Å². The molecule has 7 heteroatoms. The van der Waals surface area contributed by atoms with Crippen LogP contribution in [0.2, 0.25) is 0 Å². The van der Waals surface area contributed by atoms with Crippen LogP contribution in [0.25, 0.3) is 0 Å². The normalized spacial score (nSPS) is 13.8. The number of hydrogen-bond acceptors (Lipinski definition) is 5. The second-order valence-corrected chi connectivity index (χ2v) is 6.20. The Morgan fingerprint density at radius 1 is 1.48 bits per heavy atom. The first kappa shape index (κ1) is 15.2. The Morgan fingerprint density at radius 3 is 2.71 bits per heavy atom. The van der Waals surface area contributed by atoms with E-state index in [-0.39, 0.29) is 23.4 Å². The summed E-state index contributed by atoms with van der Waals surface area (Å²) in [5, 5.41) is 14.0. The zero-order chi connectivity index (χ0) is 15.8. The monoisotopic (exact) mass is 292 g/mol. The molecule has 3 N–H and O–H groups in total. The van der Waals surface area contributed by atoms with Gasteiger partial charge in [0.2, 0.25) is 5.91 Å². The molecule has 0 spiro atoms. The lowest BCUT2D eigenvalue weighted by atomic mass is 9.93. The second-order valence-electron chi connectivity index (χ2n) is 6.20. The molecule has 0 bridgehead atoms. The number of carbonyl (C=O) groups is 1. The zero-order valence-corrected chi connectivity index (χ0v) is 12.5. The van der Waals surface area contributed by atoms with Crippen molar-refractivity contribution in [1.82, 2.24) is 0 Å². The number of nitro groups is 1. The quantitative estimate of drug-likeness (QED) is 0.632. The lowest BCUT2D eigenvalue weighted by Crippen LogP contribution is -2.37. The highest BCUT2D eigenvalue weighted by molar-refractivity contribution is 6.00. The van der Waals surface area contributed by atoms with E-state index in [1.807, 2.05) is 18.7 Å². The SMILES string of the molecule is CN(CC(C)(C)CN)c1cc2c(cc1[N+](=O)[O-])CC(=O)N2. The van der Waals surface area contributed by atoms with Crippen molar-refractivity contribution in [2.75, 3.05) is 30.4 Å². The highest BCUT2D eigenvalue weighted by atomic mass is 16.6. The summed E-state index contributed by atoms with van der Waals surface area (Å²) in [6.07, 6.45) is 0.189. The van der Waals surface area contributed by atoms with Gasteiger partial charge in [-0.15, -0.1) is 0 Å². The Morgan fingerprint density at radius 2 is 2.14 bits per heavy atom. The van der Waals surface area contributed by atoms with Gasteiger partial charge in [-0.1, -0.05) is 13.8 Å². The summed E-state index contributed by atoms with van der Waals surface area (Å²) in [5.74, 6) is -0.138. The predicted molar refractivity (Wildman–Crippen MR) is 81.5 cm³/mol. The topological polar surface area (TPSA) is 102 Å². The van der Waals surface area contributed by atoms with Gasteiger partial charge >= 0.3 is 0 Å². The van der Waals surface area contributed by atoms with Gasteiger partial charge in [-0.25, -0.2) is 0 Å².